The molecule has 0 spiro atoms. The van der Waals surface area contributed by atoms with E-state index in [4.69, 9.17) is 0 Å². The molecule has 1 saturated carbocycles. The molecule has 140 valence electrons. The van der Waals surface area contributed by atoms with Crippen LogP contribution >= 0.6 is 11.8 Å². The van der Waals surface area contributed by atoms with Gasteiger partial charge in [-0.25, -0.2) is 0 Å². The fourth-order valence-corrected chi connectivity index (χ4v) is 4.86. The van der Waals surface area contributed by atoms with E-state index < -0.39 is 0 Å². The van der Waals surface area contributed by atoms with Gasteiger partial charge in [0.15, 0.2) is 5.16 Å². The van der Waals surface area contributed by atoms with E-state index in [1.807, 2.05) is 0 Å². The van der Waals surface area contributed by atoms with Crippen molar-refractivity contribution < 1.29 is 0 Å². The fraction of sp³-hybridized carbons (Fsp3) is 0.391. The van der Waals surface area contributed by atoms with E-state index in [1.54, 1.807) is 11.8 Å². The molecule has 4 rings (SSSR count). The van der Waals surface area contributed by atoms with Gasteiger partial charge in [-0.2, -0.15) is 0 Å². The van der Waals surface area contributed by atoms with Crippen molar-refractivity contribution in [2.24, 2.45) is 0 Å². The van der Waals surface area contributed by atoms with Crippen LogP contribution in [0.1, 0.15) is 60.5 Å². The second-order valence-electron chi connectivity index (χ2n) is 7.63. The summed E-state index contributed by atoms with van der Waals surface area (Å²) in [6, 6.07) is 17.4. The number of hydrogen-bond acceptors (Lipinski definition) is 3. The molecule has 3 nitrogen and oxygen atoms in total. The Labute approximate surface area is 166 Å². The Morgan fingerprint density at radius 3 is 2.41 bits per heavy atom. The van der Waals surface area contributed by atoms with Crippen molar-refractivity contribution in [3.8, 4) is 5.69 Å². The Morgan fingerprint density at radius 2 is 1.67 bits per heavy atom. The number of hydrogen-bond donors (Lipinski definition) is 0. The van der Waals surface area contributed by atoms with E-state index in [0.29, 0.717) is 5.92 Å². The van der Waals surface area contributed by atoms with Gasteiger partial charge in [0.2, 0.25) is 0 Å². The zero-order chi connectivity index (χ0) is 18.6. The third-order valence-corrected chi connectivity index (χ3v) is 6.34. The van der Waals surface area contributed by atoms with E-state index >= 15 is 0 Å². The Morgan fingerprint density at radius 1 is 0.926 bits per heavy atom. The first-order valence-corrected chi connectivity index (χ1v) is 10.9. The van der Waals surface area contributed by atoms with Crippen LogP contribution in [0.5, 0.6) is 0 Å². The van der Waals surface area contributed by atoms with Gasteiger partial charge in [-0.15, -0.1) is 10.2 Å². The third-order valence-electron chi connectivity index (χ3n) is 5.34. The number of nitrogens with zero attached hydrogens (tertiary/aromatic N) is 3. The molecule has 4 heteroatoms. The lowest BCUT2D eigenvalue weighted by Crippen LogP contribution is -2.12. The maximum atomic E-state index is 4.67. The first kappa shape index (κ1) is 18.3. The molecule has 0 radical (unpaired) electrons. The van der Waals surface area contributed by atoms with Gasteiger partial charge in [-0.1, -0.05) is 73.0 Å². The number of aromatic nitrogens is 3. The van der Waals surface area contributed by atoms with Gasteiger partial charge in [-0.3, -0.25) is 4.57 Å². The molecule has 1 heterocycles. The second kappa shape index (κ2) is 8.30. The lowest BCUT2D eigenvalue weighted by Gasteiger charge is -2.22. The van der Waals surface area contributed by atoms with Crippen LogP contribution in [0.3, 0.4) is 0 Å². The Balaban J connectivity index is 1.67. The molecule has 1 aliphatic rings. The van der Waals surface area contributed by atoms with E-state index in [1.165, 1.54) is 54.5 Å². The summed E-state index contributed by atoms with van der Waals surface area (Å²) < 4.78 is 2.31. The van der Waals surface area contributed by atoms with Crippen LogP contribution in [-0.2, 0) is 5.75 Å². The van der Waals surface area contributed by atoms with Crippen molar-refractivity contribution in [2.45, 2.75) is 62.8 Å². The van der Waals surface area contributed by atoms with Crippen molar-refractivity contribution >= 4 is 11.8 Å². The summed E-state index contributed by atoms with van der Waals surface area (Å²) in [5.41, 5.74) is 5.09. The molecule has 0 bridgehead atoms. The van der Waals surface area contributed by atoms with Gasteiger partial charge in [0, 0.05) is 17.4 Å². The summed E-state index contributed by atoms with van der Waals surface area (Å²) in [7, 11) is 0. The van der Waals surface area contributed by atoms with Crippen molar-refractivity contribution in [1.29, 1.82) is 0 Å². The first-order valence-electron chi connectivity index (χ1n) is 9.91. The summed E-state index contributed by atoms with van der Waals surface area (Å²) in [5.74, 6) is 2.59. The lowest BCUT2D eigenvalue weighted by molar-refractivity contribution is 0.423. The third kappa shape index (κ3) is 4.27. The van der Waals surface area contributed by atoms with Crippen molar-refractivity contribution in [2.75, 3.05) is 0 Å². The van der Waals surface area contributed by atoms with Crippen molar-refractivity contribution in [3.63, 3.8) is 0 Å². The zero-order valence-electron chi connectivity index (χ0n) is 16.2. The predicted molar refractivity (Wildman–Crippen MR) is 113 cm³/mol. The van der Waals surface area contributed by atoms with Crippen LogP contribution in [0.25, 0.3) is 5.69 Å². The first-order chi connectivity index (χ1) is 13.2. The lowest BCUT2D eigenvalue weighted by atomic mass is 9.88. The minimum atomic E-state index is 0.528. The van der Waals surface area contributed by atoms with Gasteiger partial charge in [-0.05, 0) is 49.9 Å². The molecule has 1 aliphatic carbocycles. The fourth-order valence-electron chi connectivity index (χ4n) is 3.96. The molecule has 1 aromatic heterocycles. The summed E-state index contributed by atoms with van der Waals surface area (Å²) >= 11 is 1.78. The molecule has 0 amide bonds. The van der Waals surface area contributed by atoms with E-state index in [2.05, 4.69) is 77.1 Å². The van der Waals surface area contributed by atoms with Crippen LogP contribution in [0, 0.1) is 13.8 Å². The normalized spacial score (nSPS) is 15.2. The SMILES string of the molecule is Cc1cccc(CSc2nnc(C3CCCCC3)n2-c2cccc(C)c2)c1. The molecule has 0 unspecified atom stereocenters. The summed E-state index contributed by atoms with van der Waals surface area (Å²) in [5, 5.41) is 10.3. The molecular formula is C23H27N3S. The average molecular weight is 378 g/mol. The van der Waals surface area contributed by atoms with Crippen LogP contribution < -0.4 is 0 Å². The molecule has 3 aromatic rings. The van der Waals surface area contributed by atoms with Gasteiger partial charge < -0.3 is 0 Å². The highest BCUT2D eigenvalue weighted by Crippen LogP contribution is 2.35. The molecular weight excluding hydrogens is 350 g/mol. The molecule has 0 atom stereocenters. The Bertz CT molecular complexity index is 909. The summed E-state index contributed by atoms with van der Waals surface area (Å²) in [4.78, 5) is 0. The quantitative estimate of drug-likeness (QED) is 0.494. The van der Waals surface area contributed by atoms with Crippen LogP contribution in [0.15, 0.2) is 53.7 Å². The van der Waals surface area contributed by atoms with E-state index in [9.17, 15) is 0 Å². The summed E-state index contributed by atoms with van der Waals surface area (Å²) in [6.07, 6.45) is 6.41. The standard InChI is InChI=1S/C23H27N3S/c1-17-8-6-10-19(14-17)16-27-23-25-24-22(20-11-4-3-5-12-20)26(23)21-13-7-9-18(2)15-21/h6-10,13-15,20H,3-5,11-12,16H2,1-2H3. The van der Waals surface area contributed by atoms with Crippen LogP contribution in [0.2, 0.25) is 0 Å². The summed E-state index contributed by atoms with van der Waals surface area (Å²) in [6.45, 7) is 4.29. The maximum absolute atomic E-state index is 4.67. The van der Waals surface area contributed by atoms with Crippen LogP contribution in [-0.4, -0.2) is 14.8 Å². The molecule has 0 saturated heterocycles. The van der Waals surface area contributed by atoms with E-state index in [-0.39, 0.29) is 0 Å². The zero-order valence-corrected chi connectivity index (χ0v) is 17.0. The Kier molecular flexibility index (Phi) is 5.63. The van der Waals surface area contributed by atoms with Gasteiger partial charge in [0.25, 0.3) is 0 Å². The number of thioether (sulfide) groups is 1. The topological polar surface area (TPSA) is 30.7 Å². The maximum Gasteiger partial charge on any atom is 0.196 e. The average Bonchev–Trinajstić information content (AvgIpc) is 3.11. The molecule has 0 N–H and O–H groups in total. The van der Waals surface area contributed by atoms with E-state index in [0.717, 1.165) is 16.7 Å². The molecule has 2 aromatic carbocycles. The number of aryl methyl sites for hydroxylation is 2. The minimum absolute atomic E-state index is 0.528. The van der Waals surface area contributed by atoms with Crippen LogP contribution in [0.4, 0.5) is 0 Å². The monoisotopic (exact) mass is 377 g/mol. The molecule has 1 fully saturated rings. The van der Waals surface area contributed by atoms with Crippen molar-refractivity contribution in [3.05, 3.63) is 71.0 Å². The van der Waals surface area contributed by atoms with Gasteiger partial charge >= 0.3 is 0 Å². The van der Waals surface area contributed by atoms with Gasteiger partial charge in [0.05, 0.1) is 0 Å². The highest BCUT2D eigenvalue weighted by molar-refractivity contribution is 7.98. The predicted octanol–water partition coefficient (Wildman–Crippen LogP) is 6.22. The molecule has 27 heavy (non-hydrogen) atoms. The number of rotatable bonds is 5. The van der Waals surface area contributed by atoms with Crippen molar-refractivity contribution in [1.82, 2.24) is 14.8 Å². The minimum Gasteiger partial charge on any atom is -0.274 e. The highest BCUT2D eigenvalue weighted by Gasteiger charge is 2.24. The number of benzene rings is 2. The smallest absolute Gasteiger partial charge is 0.196 e. The largest absolute Gasteiger partial charge is 0.274 e. The second-order valence-corrected chi connectivity index (χ2v) is 8.57. The highest BCUT2D eigenvalue weighted by atomic mass is 32.2. The Hall–Kier alpha value is -2.07. The molecule has 0 aliphatic heterocycles. The van der Waals surface area contributed by atoms with Gasteiger partial charge in [0.1, 0.15) is 5.82 Å².